The Morgan fingerprint density at radius 2 is 1.53 bits per heavy atom. The van der Waals surface area contributed by atoms with Gasteiger partial charge in [-0.2, -0.15) is 0 Å². The summed E-state index contributed by atoms with van der Waals surface area (Å²) in [7, 11) is 2.49. The molecule has 0 aromatic carbocycles. The van der Waals surface area contributed by atoms with E-state index in [1.807, 2.05) is 13.8 Å². The van der Waals surface area contributed by atoms with Gasteiger partial charge in [0.05, 0.1) is 33.4 Å². The van der Waals surface area contributed by atoms with Gasteiger partial charge in [-0.25, -0.2) is 0 Å². The normalized spacial score (nSPS) is 44.8. The van der Waals surface area contributed by atoms with Gasteiger partial charge in [0.15, 0.2) is 6.10 Å². The number of rotatable bonds is 6. The van der Waals surface area contributed by atoms with E-state index >= 15 is 0 Å². The Kier molecular flexibility index (Phi) is 9.28. The van der Waals surface area contributed by atoms with Gasteiger partial charge in [0.2, 0.25) is 0 Å². The van der Waals surface area contributed by atoms with Gasteiger partial charge in [-0.3, -0.25) is 14.5 Å². The van der Waals surface area contributed by atoms with Gasteiger partial charge in [0.25, 0.3) is 0 Å². The smallest absolute Gasteiger partial charge is 0.306 e. The van der Waals surface area contributed by atoms with Crippen molar-refractivity contribution in [3.8, 4) is 0 Å². The lowest BCUT2D eigenvalue weighted by atomic mass is 9.44. The topological polar surface area (TPSA) is 65.1 Å². The third-order valence-electron chi connectivity index (χ3n) is 14.1. The SMILES string of the molecule is CCC(=O)OC1CC2CC[C@@H]3[C@@H](CC[C@]4(C)C(OC(=O)CC)C([N+]5(C)CCCCCC5)C[C@@H]34)[C@@]2(C)CC1N1CCOCC1. The van der Waals surface area contributed by atoms with Gasteiger partial charge >= 0.3 is 11.9 Å². The summed E-state index contributed by atoms with van der Waals surface area (Å²) in [5, 5.41) is 0. The van der Waals surface area contributed by atoms with E-state index in [-0.39, 0.29) is 41.0 Å². The molecular weight excluding hydrogens is 540 g/mol. The average Bonchev–Trinajstić information content (AvgIpc) is 3.14. The molecule has 0 N–H and O–H groups in total. The predicted molar refractivity (Wildman–Crippen MR) is 167 cm³/mol. The maximum atomic E-state index is 12.9. The minimum absolute atomic E-state index is 0.00443. The summed E-state index contributed by atoms with van der Waals surface area (Å²) in [6.07, 6.45) is 14.4. The quantitative estimate of drug-likeness (QED) is 0.276. The number of quaternary nitrogens is 1. The Morgan fingerprint density at radius 1 is 0.860 bits per heavy atom. The highest BCUT2D eigenvalue weighted by Gasteiger charge is 2.67. The van der Waals surface area contributed by atoms with Crippen LogP contribution in [0.2, 0.25) is 0 Å². The van der Waals surface area contributed by atoms with Crippen molar-refractivity contribution in [1.29, 1.82) is 0 Å². The number of likely N-dealkylation sites (N-methyl/N-ethyl adjacent to an activating group) is 1. The van der Waals surface area contributed by atoms with Crippen LogP contribution in [-0.2, 0) is 23.8 Å². The number of likely N-dealkylation sites (tertiary alicyclic amines) is 1. The highest BCUT2D eigenvalue weighted by molar-refractivity contribution is 5.69. The fraction of sp³-hybridized carbons (Fsp3) is 0.944. The summed E-state index contributed by atoms with van der Waals surface area (Å²) < 4.78 is 19.6. The lowest BCUT2D eigenvalue weighted by molar-refractivity contribution is -0.935. The van der Waals surface area contributed by atoms with E-state index in [0.717, 1.165) is 50.0 Å². The second-order valence-corrected chi connectivity index (χ2v) is 16.1. The van der Waals surface area contributed by atoms with Crippen LogP contribution in [0.15, 0.2) is 0 Å². The summed E-state index contributed by atoms with van der Waals surface area (Å²) >= 11 is 0. The van der Waals surface area contributed by atoms with Crippen LogP contribution < -0.4 is 0 Å². The van der Waals surface area contributed by atoms with Gasteiger partial charge in [0.1, 0.15) is 12.1 Å². The fourth-order valence-electron chi connectivity index (χ4n) is 11.6. The molecule has 7 nitrogen and oxygen atoms in total. The van der Waals surface area contributed by atoms with Crippen LogP contribution in [0.4, 0.5) is 0 Å². The maximum absolute atomic E-state index is 12.9. The fourth-order valence-corrected chi connectivity index (χ4v) is 11.6. The Bertz CT molecular complexity index is 1010. The van der Waals surface area contributed by atoms with E-state index in [2.05, 4.69) is 25.8 Å². The number of nitrogens with zero attached hydrogens (tertiary/aromatic N) is 2. The monoisotopic (exact) mass is 601 g/mol. The molecule has 0 aromatic rings. The number of hydrogen-bond acceptors (Lipinski definition) is 6. The Labute approximate surface area is 261 Å². The van der Waals surface area contributed by atoms with Gasteiger partial charge in [-0.05, 0) is 93.3 Å². The van der Waals surface area contributed by atoms with Crippen molar-refractivity contribution in [1.82, 2.24) is 4.90 Å². The highest BCUT2D eigenvalue weighted by atomic mass is 16.6. The molecule has 5 unspecified atom stereocenters. The number of carbonyl (C=O) groups is 2. The second kappa shape index (κ2) is 12.5. The van der Waals surface area contributed by atoms with E-state index in [1.165, 1.54) is 64.5 Å². The summed E-state index contributed by atoms with van der Waals surface area (Å²) in [6, 6.07) is 0.696. The third kappa shape index (κ3) is 5.71. The van der Waals surface area contributed by atoms with Gasteiger partial charge in [-0.15, -0.1) is 0 Å². The van der Waals surface area contributed by atoms with Crippen molar-refractivity contribution in [2.75, 3.05) is 46.4 Å². The molecular formula is C36H61N2O5+. The van der Waals surface area contributed by atoms with Crippen LogP contribution in [0.3, 0.4) is 0 Å². The number of fused-ring (bicyclic) bond motifs is 5. The van der Waals surface area contributed by atoms with Crippen molar-refractivity contribution >= 4 is 11.9 Å². The molecule has 4 aliphatic carbocycles. The summed E-state index contributed by atoms with van der Waals surface area (Å²) in [5.74, 6) is 2.52. The minimum atomic E-state index is -0.0521. The summed E-state index contributed by atoms with van der Waals surface area (Å²) in [4.78, 5) is 28.1. The third-order valence-corrected chi connectivity index (χ3v) is 14.1. The number of ether oxygens (including phenoxy) is 3. The van der Waals surface area contributed by atoms with Gasteiger partial charge < -0.3 is 18.7 Å². The molecule has 6 fully saturated rings. The Hall–Kier alpha value is -1.18. The summed E-state index contributed by atoms with van der Waals surface area (Å²) in [6.45, 7) is 14.8. The van der Waals surface area contributed by atoms with Crippen LogP contribution in [0.5, 0.6) is 0 Å². The average molecular weight is 602 g/mol. The van der Waals surface area contributed by atoms with Crippen molar-refractivity contribution in [2.45, 2.75) is 135 Å². The van der Waals surface area contributed by atoms with E-state index in [4.69, 9.17) is 14.2 Å². The van der Waals surface area contributed by atoms with Crippen molar-refractivity contribution in [2.24, 2.45) is 34.5 Å². The number of hydrogen-bond donors (Lipinski definition) is 0. The van der Waals surface area contributed by atoms with Gasteiger partial charge in [-0.1, -0.05) is 27.7 Å². The molecule has 0 spiro atoms. The Morgan fingerprint density at radius 3 is 2.21 bits per heavy atom. The molecule has 2 saturated heterocycles. The zero-order valence-electron chi connectivity index (χ0n) is 28.0. The van der Waals surface area contributed by atoms with Crippen LogP contribution in [0.1, 0.15) is 111 Å². The molecule has 0 radical (unpaired) electrons. The molecule has 2 aliphatic heterocycles. The van der Waals surface area contributed by atoms with Crippen LogP contribution in [-0.4, -0.2) is 92.1 Å². The van der Waals surface area contributed by atoms with Crippen LogP contribution >= 0.6 is 0 Å². The molecule has 6 aliphatic rings. The molecule has 4 saturated carbocycles. The first-order valence-electron chi connectivity index (χ1n) is 18.2. The van der Waals surface area contributed by atoms with E-state index in [9.17, 15) is 9.59 Å². The van der Waals surface area contributed by atoms with Crippen molar-refractivity contribution in [3.63, 3.8) is 0 Å². The molecule has 0 amide bonds. The number of morpholine rings is 1. The highest BCUT2D eigenvalue weighted by Crippen LogP contribution is 2.67. The molecule has 10 atom stereocenters. The first-order chi connectivity index (χ1) is 20.6. The lowest BCUT2D eigenvalue weighted by Gasteiger charge is -2.62. The van der Waals surface area contributed by atoms with Crippen LogP contribution in [0.25, 0.3) is 0 Å². The maximum Gasteiger partial charge on any atom is 0.306 e. The van der Waals surface area contributed by atoms with Crippen molar-refractivity contribution in [3.05, 3.63) is 0 Å². The molecule has 0 bridgehead atoms. The zero-order chi connectivity index (χ0) is 30.4. The molecule has 43 heavy (non-hydrogen) atoms. The van der Waals surface area contributed by atoms with E-state index in [1.54, 1.807) is 0 Å². The zero-order valence-corrected chi connectivity index (χ0v) is 28.0. The molecule has 0 aromatic heterocycles. The largest absolute Gasteiger partial charge is 0.461 e. The number of carbonyl (C=O) groups excluding carboxylic acids is 2. The first-order valence-corrected chi connectivity index (χ1v) is 18.2. The molecule has 2 heterocycles. The van der Waals surface area contributed by atoms with Crippen LogP contribution in [0, 0.1) is 34.5 Å². The van der Waals surface area contributed by atoms with Gasteiger partial charge in [0, 0.05) is 43.8 Å². The molecule has 6 rings (SSSR count). The molecule has 244 valence electrons. The van der Waals surface area contributed by atoms with Crippen molar-refractivity contribution < 1.29 is 28.3 Å². The first kappa shape index (κ1) is 31.8. The number of esters is 2. The summed E-state index contributed by atoms with van der Waals surface area (Å²) in [5.41, 5.74) is 0.308. The predicted octanol–water partition coefficient (Wildman–Crippen LogP) is 5.98. The Balaban J connectivity index is 1.29. The van der Waals surface area contributed by atoms with E-state index < -0.39 is 0 Å². The molecule has 7 heteroatoms. The second-order valence-electron chi connectivity index (χ2n) is 16.1. The van der Waals surface area contributed by atoms with E-state index in [0.29, 0.717) is 42.6 Å². The standard InChI is InChI=1S/C36H61N2O5/c1-6-32(39)42-31-22-25-12-13-26-27(36(25,4)24-29(31)37-16-20-41-21-17-37)14-15-35(3)28(26)23-30(34(35)43-33(40)7-2)38(5)18-10-8-9-11-19-38/h25-31,34H,6-24H2,1-5H3/q+1/t25?,26-,27-,28+,29?,30?,31?,34?,35+,36+/m1/s1. The minimum Gasteiger partial charge on any atom is -0.461 e. The lowest BCUT2D eigenvalue weighted by Crippen LogP contribution is -2.62.